The second kappa shape index (κ2) is 77.7. The standard InChI is InChI=1S/C13H20O.C13H18O.C13H14.C11H15NO.C11H16O3.C11H16O2.C10H13NO.C9H9F3.C8H11N.C8H8O.C8H10O.C8H10/c2*1-3-5-11-14-13-9-7-12(6-4-2)8-10-13;1-2-5-11-8-9-12-6-3-4-7-13(12)10-11;1-9(12-10(2)13)8-11-6-4-3-5-7-11;1-5-8-6-9(12-2)11(14-4)10(7-8)13-3;1-3-10-4-6-11(7-5-10)13-9-8-12-2;1-8(11-9(2)12)10-6-4-3-5-7-10;1-2-7-3-5-8(6-4-7)9(10,11)12;1-2-3-8-4-6-9-7-5-8;1-7(9)8-5-3-2-4-6-8;1-2-7-3-5-8(9)6-4-7;1-2-8-6-4-3-5-7-8/h7-10H,3-6,11H2,1-2H3;4,6-10H,3,5,11H2,1-2H3;3-4,6-10H,2,5H2,1H3;3-7,9H,8H2,1-2H3,(H,12,13);6-7H,5H2,1-4H3;4-7H,3,8-9H2,1-2H3;3-8H,1-2H3,(H,11,12);3-6H,2H2,1H3;4-7H,2-3H2,1H3;2-6H,1H3;3-6,9H,2H2,1H3;3-7H,2H2,1H3/b;6-4+;;;;;;;;;;. The summed E-state index contributed by atoms with van der Waals surface area (Å²) in [5.41, 5.74) is 14.1. The predicted molar refractivity (Wildman–Crippen MR) is 580 cm³/mol. The fourth-order valence-corrected chi connectivity index (χ4v) is 13.0. The van der Waals surface area contributed by atoms with Crippen LogP contribution in [0.2, 0.25) is 0 Å². The molecule has 0 saturated heterocycles. The maximum Gasteiger partial charge on any atom is 0.416 e. The van der Waals surface area contributed by atoms with Gasteiger partial charge >= 0.3 is 6.18 Å². The minimum Gasteiger partial charge on any atom is -0.508 e. The zero-order valence-electron chi connectivity index (χ0n) is 87.2. The van der Waals surface area contributed by atoms with Gasteiger partial charge in [-0.25, -0.2) is 0 Å². The molecule has 0 aliphatic rings. The van der Waals surface area contributed by atoms with Crippen molar-refractivity contribution in [1.29, 1.82) is 0 Å². The average Bonchev–Trinajstić information content (AvgIpc) is 0.818. The number of ether oxygens (including phenoxy) is 7. The van der Waals surface area contributed by atoms with Gasteiger partial charge in [0.15, 0.2) is 17.3 Å². The number of carbonyl (C=O) groups is 3. The lowest BCUT2D eigenvalue weighted by atomic mass is 10.0. The molecule has 0 radical (unpaired) electrons. The van der Waals surface area contributed by atoms with Crippen LogP contribution in [0.25, 0.3) is 16.8 Å². The summed E-state index contributed by atoms with van der Waals surface area (Å²) in [6.45, 7) is 34.9. The molecule has 0 aliphatic heterocycles. The van der Waals surface area contributed by atoms with Crippen molar-refractivity contribution in [3.63, 3.8) is 0 Å². The maximum absolute atomic E-state index is 12.0. The topological polar surface area (TPSA) is 173 Å². The Bertz CT molecular complexity index is 5260. The molecule has 0 saturated carbocycles. The molecule has 1 aromatic heterocycles. The summed E-state index contributed by atoms with van der Waals surface area (Å²) in [5, 5.41) is 17.2. The van der Waals surface area contributed by atoms with Gasteiger partial charge in [-0.05, 0) is 255 Å². The number of amides is 2. The van der Waals surface area contributed by atoms with Crippen molar-refractivity contribution in [2.75, 3.05) is 54.9 Å². The smallest absolute Gasteiger partial charge is 0.416 e. The van der Waals surface area contributed by atoms with Crippen molar-refractivity contribution in [3.8, 4) is 40.2 Å². The molecule has 17 heteroatoms. The van der Waals surface area contributed by atoms with E-state index in [9.17, 15) is 27.6 Å². The molecule has 754 valence electrons. The first-order chi connectivity index (χ1) is 67.7. The number of Topliss-reactive ketones (excluding diaryl/α,β-unsaturated/α-hetero) is 1. The summed E-state index contributed by atoms with van der Waals surface area (Å²) in [6.07, 6.45) is 21.2. The van der Waals surface area contributed by atoms with E-state index >= 15 is 0 Å². The van der Waals surface area contributed by atoms with E-state index in [0.717, 1.165) is 117 Å². The average molecular weight is 1910 g/mol. The highest BCUT2D eigenvalue weighted by atomic mass is 19.4. The van der Waals surface area contributed by atoms with Crippen molar-refractivity contribution in [3.05, 3.63) is 400 Å². The van der Waals surface area contributed by atoms with E-state index in [1.807, 2.05) is 180 Å². The minimum absolute atomic E-state index is 0.00588. The number of allylic oxidation sites excluding steroid dienone is 1. The number of aromatic nitrogens is 1. The van der Waals surface area contributed by atoms with Crippen molar-refractivity contribution >= 4 is 34.4 Å². The normalized spacial score (nSPS) is 10.4. The number of aromatic hydroxyl groups is 1. The molecular formula is C123H160F3N3O11. The number of methoxy groups -OCH3 is 4. The number of phenolic OH excluding ortho intramolecular Hbond substituents is 1. The van der Waals surface area contributed by atoms with Crippen LogP contribution in [0, 0.1) is 0 Å². The van der Waals surface area contributed by atoms with Gasteiger partial charge in [0.05, 0.1) is 52.8 Å². The van der Waals surface area contributed by atoms with Crippen LogP contribution in [0.3, 0.4) is 0 Å². The largest absolute Gasteiger partial charge is 0.508 e. The summed E-state index contributed by atoms with van der Waals surface area (Å²) in [5.74, 6) is 5.44. The third kappa shape index (κ3) is 57.8. The Hall–Kier alpha value is -13.3. The SMILES string of the molecule is C/C=C/c1ccc(OCCCC)cc1.CC(=O)NC(C)Cc1ccccc1.CC(=O)NC(C)c1ccccc1.CC(=O)c1ccccc1.CCCCOc1ccc(CCC)cc1.CCCc1ccc2ccccc2c1.CCCc1ccncc1.CCc1cc(OC)c(OC)c(OC)c1.CCc1ccc(C(F)(F)F)cc1.CCc1ccc(O)cc1.CCc1ccc(OCCOC)cc1.CCc1ccccc1. The zero-order chi connectivity index (χ0) is 103. The molecule has 2 atom stereocenters. The number of carbonyl (C=O) groups excluding carboxylic acids is 3. The van der Waals surface area contributed by atoms with E-state index in [1.54, 1.807) is 54.4 Å². The van der Waals surface area contributed by atoms with Crippen LogP contribution >= 0.6 is 0 Å². The van der Waals surface area contributed by atoms with Gasteiger partial charge in [-0.3, -0.25) is 19.4 Å². The van der Waals surface area contributed by atoms with Crippen LogP contribution < -0.4 is 39.1 Å². The summed E-state index contributed by atoms with van der Waals surface area (Å²) in [4.78, 5) is 36.0. The van der Waals surface area contributed by atoms with Crippen molar-refractivity contribution < 1.29 is 65.8 Å². The third-order valence-electron chi connectivity index (χ3n) is 20.9. The quantitative estimate of drug-likeness (QED) is 0.0263. The van der Waals surface area contributed by atoms with E-state index in [1.165, 1.54) is 125 Å². The number of rotatable bonds is 33. The predicted octanol–water partition coefficient (Wildman–Crippen LogP) is 31.1. The number of nitrogens with zero attached hydrogens (tertiary/aromatic N) is 1. The first-order valence-corrected chi connectivity index (χ1v) is 49.3. The van der Waals surface area contributed by atoms with Gasteiger partial charge in [-0.2, -0.15) is 13.2 Å². The van der Waals surface area contributed by atoms with Crippen molar-refractivity contribution in [2.45, 2.75) is 232 Å². The number of hydrogen-bond donors (Lipinski definition) is 3. The number of phenols is 1. The Kier molecular flexibility index (Phi) is 68.1. The number of aryl methyl sites for hydroxylation is 8. The van der Waals surface area contributed by atoms with Crippen LogP contribution in [-0.2, 0) is 78.3 Å². The highest BCUT2D eigenvalue weighted by molar-refractivity contribution is 5.93. The molecule has 2 unspecified atom stereocenters. The lowest BCUT2D eigenvalue weighted by Crippen LogP contribution is -2.31. The molecule has 1 heterocycles. The lowest BCUT2D eigenvalue weighted by molar-refractivity contribution is -0.137. The van der Waals surface area contributed by atoms with Crippen LogP contribution in [0.5, 0.6) is 40.2 Å². The molecule has 0 bridgehead atoms. The zero-order valence-corrected chi connectivity index (χ0v) is 87.2. The number of nitrogens with one attached hydrogen (secondary N) is 2. The van der Waals surface area contributed by atoms with Gasteiger partial charge in [0.2, 0.25) is 17.6 Å². The van der Waals surface area contributed by atoms with Gasteiger partial charge in [0, 0.05) is 45.0 Å². The molecule has 14 nitrogen and oxygen atoms in total. The van der Waals surface area contributed by atoms with Crippen molar-refractivity contribution in [1.82, 2.24) is 15.6 Å². The fraction of sp³-hybridized carbons (Fsp3) is 0.350. The summed E-state index contributed by atoms with van der Waals surface area (Å²) < 4.78 is 73.2. The molecule has 3 N–H and O–H groups in total. The molecule has 2 amide bonds. The summed E-state index contributed by atoms with van der Waals surface area (Å²) in [6, 6.07) is 101. The molecule has 13 rings (SSSR count). The number of alkyl halides is 3. The number of benzene rings is 12. The number of fused-ring (bicyclic) bond motifs is 1. The number of ketones is 1. The van der Waals surface area contributed by atoms with E-state index in [-0.39, 0.29) is 29.7 Å². The highest BCUT2D eigenvalue weighted by Gasteiger charge is 2.30. The highest BCUT2D eigenvalue weighted by Crippen LogP contribution is 2.38. The van der Waals surface area contributed by atoms with Crippen LogP contribution in [-0.4, -0.2) is 88.6 Å². The van der Waals surface area contributed by atoms with Gasteiger partial charge in [0.1, 0.15) is 29.6 Å². The summed E-state index contributed by atoms with van der Waals surface area (Å²) in [7, 11) is 6.52. The molecular weight excluding hydrogens is 1750 g/mol. The Balaban J connectivity index is 0.000000518. The monoisotopic (exact) mass is 1910 g/mol. The summed E-state index contributed by atoms with van der Waals surface area (Å²) >= 11 is 0. The Labute approximate surface area is 838 Å². The number of hydrogen-bond acceptors (Lipinski definition) is 12. The van der Waals surface area contributed by atoms with Gasteiger partial charge in [0.25, 0.3) is 0 Å². The minimum atomic E-state index is -4.22. The Morgan fingerprint density at radius 1 is 0.386 bits per heavy atom. The van der Waals surface area contributed by atoms with Gasteiger partial charge < -0.3 is 48.9 Å². The molecule has 0 spiro atoms. The van der Waals surface area contributed by atoms with E-state index in [4.69, 9.17) is 38.3 Å². The third-order valence-corrected chi connectivity index (χ3v) is 20.9. The second-order valence-electron chi connectivity index (χ2n) is 32.6. The number of unbranched alkanes of at least 4 members (excludes halogenated alkanes) is 2. The van der Waals surface area contributed by atoms with E-state index in [2.05, 4.69) is 224 Å². The molecule has 0 aliphatic carbocycles. The van der Waals surface area contributed by atoms with Gasteiger partial charge in [-0.15, -0.1) is 0 Å². The van der Waals surface area contributed by atoms with Crippen LogP contribution in [0.1, 0.15) is 239 Å². The lowest BCUT2D eigenvalue weighted by Gasteiger charge is -2.13. The van der Waals surface area contributed by atoms with E-state index in [0.29, 0.717) is 36.2 Å². The molecule has 12 aromatic carbocycles. The first-order valence-electron chi connectivity index (χ1n) is 49.3. The second-order valence-corrected chi connectivity index (χ2v) is 32.6. The Morgan fingerprint density at radius 2 is 0.771 bits per heavy atom. The molecule has 140 heavy (non-hydrogen) atoms. The molecule has 13 aromatic rings. The fourth-order valence-electron chi connectivity index (χ4n) is 13.0. The van der Waals surface area contributed by atoms with Crippen LogP contribution in [0.15, 0.2) is 328 Å². The Morgan fingerprint density at radius 3 is 1.17 bits per heavy atom. The van der Waals surface area contributed by atoms with Crippen molar-refractivity contribution in [2.24, 2.45) is 0 Å². The molecule has 0 fully saturated rings. The maximum atomic E-state index is 12.0. The number of pyridine rings is 1. The first kappa shape index (κ1) is 123. The van der Waals surface area contributed by atoms with E-state index < -0.39 is 11.7 Å². The number of halogens is 3. The van der Waals surface area contributed by atoms with Crippen LogP contribution in [0.4, 0.5) is 13.2 Å². The van der Waals surface area contributed by atoms with Gasteiger partial charge in [-0.1, -0.05) is 338 Å².